The molecule has 3 heteroatoms. The quantitative estimate of drug-likeness (QED) is 0.421. The van der Waals surface area contributed by atoms with Gasteiger partial charge in [-0.05, 0) is 70.9 Å². The van der Waals surface area contributed by atoms with E-state index < -0.39 is 0 Å². The van der Waals surface area contributed by atoms with Gasteiger partial charge < -0.3 is 14.2 Å². The zero-order chi connectivity index (χ0) is 21.6. The molecule has 0 aliphatic carbocycles. The number of ether oxygens (including phenoxy) is 3. The molecule has 0 radical (unpaired) electrons. The van der Waals surface area contributed by atoms with Gasteiger partial charge in [0.1, 0.15) is 0 Å². The molecule has 1 rings (SSSR count). The molecule has 2 unspecified atom stereocenters. The molecule has 0 spiro atoms. The topological polar surface area (TPSA) is 27.7 Å². The lowest BCUT2D eigenvalue weighted by Gasteiger charge is -2.35. The first-order valence-electron chi connectivity index (χ1n) is 10.8. The average molecular weight is 393 g/mol. The van der Waals surface area contributed by atoms with Crippen LogP contribution in [0.2, 0.25) is 0 Å². The normalized spacial score (nSPS) is 15.5. The molecule has 0 aromatic heterocycles. The largest absolute Gasteiger partial charge is 0.373 e. The Morgan fingerprint density at radius 3 is 1.93 bits per heavy atom. The van der Waals surface area contributed by atoms with Gasteiger partial charge in [0.05, 0.1) is 36.6 Å². The second-order valence-corrected chi connectivity index (χ2v) is 10.2. The first-order valence-corrected chi connectivity index (χ1v) is 10.8. The highest BCUT2D eigenvalue weighted by Crippen LogP contribution is 2.25. The summed E-state index contributed by atoms with van der Waals surface area (Å²) in [6.07, 6.45) is 2.15. The molecule has 1 aromatic rings. The van der Waals surface area contributed by atoms with Crippen LogP contribution in [0, 0.1) is 0 Å². The van der Waals surface area contributed by atoms with Crippen LogP contribution < -0.4 is 0 Å². The standard InChI is InChI=1S/C25H44O3/c1-11-19(2)28-20(3)25(9,10)26-17-16-24(7,8)27-18-21-12-14-22(15-13-21)23(4,5)6/h12-15,19-20H,11,16-18H2,1-10H3. The molecule has 162 valence electrons. The van der Waals surface area contributed by atoms with Gasteiger partial charge in [0.2, 0.25) is 0 Å². The van der Waals surface area contributed by atoms with Crippen molar-refractivity contribution in [3.8, 4) is 0 Å². The highest BCUT2D eigenvalue weighted by molar-refractivity contribution is 5.27. The van der Waals surface area contributed by atoms with E-state index in [-0.39, 0.29) is 28.8 Å². The van der Waals surface area contributed by atoms with Gasteiger partial charge in [-0.2, -0.15) is 0 Å². The summed E-state index contributed by atoms with van der Waals surface area (Å²) >= 11 is 0. The molecule has 0 saturated carbocycles. The maximum absolute atomic E-state index is 6.19. The second kappa shape index (κ2) is 10.2. The summed E-state index contributed by atoms with van der Waals surface area (Å²) < 4.78 is 18.4. The van der Waals surface area contributed by atoms with Crippen LogP contribution in [0.4, 0.5) is 0 Å². The minimum Gasteiger partial charge on any atom is -0.373 e. The third-order valence-corrected chi connectivity index (χ3v) is 5.62. The van der Waals surface area contributed by atoms with E-state index in [2.05, 4.69) is 93.5 Å². The Kier molecular flexibility index (Phi) is 9.18. The van der Waals surface area contributed by atoms with Gasteiger partial charge in [-0.15, -0.1) is 0 Å². The predicted molar refractivity (Wildman–Crippen MR) is 119 cm³/mol. The molecule has 0 N–H and O–H groups in total. The third-order valence-electron chi connectivity index (χ3n) is 5.62. The molecule has 0 saturated heterocycles. The van der Waals surface area contributed by atoms with Crippen LogP contribution in [-0.2, 0) is 26.2 Å². The van der Waals surface area contributed by atoms with Crippen molar-refractivity contribution in [2.45, 2.75) is 118 Å². The van der Waals surface area contributed by atoms with Crippen LogP contribution >= 0.6 is 0 Å². The van der Waals surface area contributed by atoms with Crippen molar-refractivity contribution in [3.63, 3.8) is 0 Å². The maximum Gasteiger partial charge on any atom is 0.0884 e. The molecular formula is C25H44O3. The summed E-state index contributed by atoms with van der Waals surface area (Å²) in [4.78, 5) is 0. The summed E-state index contributed by atoms with van der Waals surface area (Å²) in [5.74, 6) is 0. The van der Waals surface area contributed by atoms with Crippen molar-refractivity contribution in [1.29, 1.82) is 0 Å². The Hall–Kier alpha value is -0.900. The summed E-state index contributed by atoms with van der Waals surface area (Å²) in [6.45, 7) is 22.8. The van der Waals surface area contributed by atoms with E-state index in [0.29, 0.717) is 13.2 Å². The van der Waals surface area contributed by atoms with E-state index in [0.717, 1.165) is 12.8 Å². The van der Waals surface area contributed by atoms with E-state index in [1.54, 1.807) is 0 Å². The van der Waals surface area contributed by atoms with Crippen molar-refractivity contribution >= 4 is 0 Å². The fourth-order valence-corrected chi connectivity index (χ4v) is 2.74. The zero-order valence-electron chi connectivity index (χ0n) is 20.0. The van der Waals surface area contributed by atoms with E-state index >= 15 is 0 Å². The summed E-state index contributed by atoms with van der Waals surface area (Å²) in [5.41, 5.74) is 2.18. The Balaban J connectivity index is 2.47. The summed E-state index contributed by atoms with van der Waals surface area (Å²) in [6, 6.07) is 8.75. The lowest BCUT2D eigenvalue weighted by Crippen LogP contribution is -2.41. The Bertz CT molecular complexity index is 566. The number of benzene rings is 1. The highest BCUT2D eigenvalue weighted by atomic mass is 16.6. The first kappa shape index (κ1) is 25.1. The molecule has 0 fully saturated rings. The molecule has 1 aromatic carbocycles. The van der Waals surface area contributed by atoms with Crippen molar-refractivity contribution in [2.75, 3.05) is 6.61 Å². The number of rotatable bonds is 11. The predicted octanol–water partition coefficient (Wildman–Crippen LogP) is 6.67. The highest BCUT2D eigenvalue weighted by Gasteiger charge is 2.30. The molecular weight excluding hydrogens is 348 g/mol. The van der Waals surface area contributed by atoms with Crippen LogP contribution in [-0.4, -0.2) is 30.0 Å². The number of hydrogen-bond donors (Lipinski definition) is 0. The van der Waals surface area contributed by atoms with Crippen molar-refractivity contribution in [2.24, 2.45) is 0 Å². The van der Waals surface area contributed by atoms with Gasteiger partial charge >= 0.3 is 0 Å². The minimum absolute atomic E-state index is 0.0489. The lowest BCUT2D eigenvalue weighted by atomic mass is 9.87. The fourth-order valence-electron chi connectivity index (χ4n) is 2.74. The fraction of sp³-hybridized carbons (Fsp3) is 0.760. The molecule has 28 heavy (non-hydrogen) atoms. The van der Waals surface area contributed by atoms with E-state index in [1.807, 2.05) is 0 Å². The van der Waals surface area contributed by atoms with Crippen molar-refractivity contribution in [1.82, 2.24) is 0 Å². The molecule has 3 nitrogen and oxygen atoms in total. The van der Waals surface area contributed by atoms with Crippen molar-refractivity contribution in [3.05, 3.63) is 35.4 Å². The van der Waals surface area contributed by atoms with Gasteiger partial charge in [0.15, 0.2) is 0 Å². The Morgan fingerprint density at radius 1 is 0.857 bits per heavy atom. The molecule has 0 aliphatic heterocycles. The van der Waals surface area contributed by atoms with Gasteiger partial charge in [-0.25, -0.2) is 0 Å². The molecule has 0 aliphatic rings. The minimum atomic E-state index is -0.317. The Labute approximate surface area is 174 Å². The lowest BCUT2D eigenvalue weighted by molar-refractivity contribution is -0.148. The zero-order valence-corrected chi connectivity index (χ0v) is 20.0. The molecule has 0 bridgehead atoms. The third kappa shape index (κ3) is 8.63. The van der Waals surface area contributed by atoms with Gasteiger partial charge in [0, 0.05) is 0 Å². The van der Waals surface area contributed by atoms with E-state index in [1.165, 1.54) is 11.1 Å². The SMILES string of the molecule is CCC(C)OC(C)C(C)(C)OCCC(C)(C)OCc1ccc(C(C)(C)C)cc1. The first-order chi connectivity index (χ1) is 12.8. The van der Waals surface area contributed by atoms with Crippen LogP contribution in [0.25, 0.3) is 0 Å². The smallest absolute Gasteiger partial charge is 0.0884 e. The molecule has 2 atom stereocenters. The second-order valence-electron chi connectivity index (χ2n) is 10.2. The summed E-state index contributed by atoms with van der Waals surface area (Å²) in [5, 5.41) is 0. The van der Waals surface area contributed by atoms with Gasteiger partial charge in [-0.3, -0.25) is 0 Å². The van der Waals surface area contributed by atoms with Crippen LogP contribution in [0.5, 0.6) is 0 Å². The van der Waals surface area contributed by atoms with Crippen LogP contribution in [0.15, 0.2) is 24.3 Å². The van der Waals surface area contributed by atoms with Crippen LogP contribution in [0.3, 0.4) is 0 Å². The number of hydrogen-bond acceptors (Lipinski definition) is 3. The monoisotopic (exact) mass is 392 g/mol. The average Bonchev–Trinajstić information content (AvgIpc) is 2.59. The molecule has 0 amide bonds. The maximum atomic E-state index is 6.19. The molecule has 0 heterocycles. The van der Waals surface area contributed by atoms with E-state index in [4.69, 9.17) is 14.2 Å². The van der Waals surface area contributed by atoms with Crippen LogP contribution in [0.1, 0.15) is 93.2 Å². The summed E-state index contributed by atoms with van der Waals surface area (Å²) in [7, 11) is 0. The van der Waals surface area contributed by atoms with Gasteiger partial charge in [-0.1, -0.05) is 52.0 Å². The Morgan fingerprint density at radius 2 is 1.43 bits per heavy atom. The van der Waals surface area contributed by atoms with Crippen molar-refractivity contribution < 1.29 is 14.2 Å². The van der Waals surface area contributed by atoms with Gasteiger partial charge in [0.25, 0.3) is 0 Å². The van der Waals surface area contributed by atoms with E-state index in [9.17, 15) is 0 Å².